The lowest BCUT2D eigenvalue weighted by molar-refractivity contribution is 0.102. The van der Waals surface area contributed by atoms with Gasteiger partial charge in [0, 0.05) is 27.8 Å². The van der Waals surface area contributed by atoms with Gasteiger partial charge in [0.15, 0.2) is 0 Å². The van der Waals surface area contributed by atoms with Gasteiger partial charge in [-0.1, -0.05) is 28.1 Å². The molecule has 0 radical (unpaired) electrons. The summed E-state index contributed by atoms with van der Waals surface area (Å²) in [6.07, 6.45) is 2.82. The standard InChI is InChI=1S/C21H16BrN3O2/c1-12-8-14-9-15(22)10-17-19(14)25(12)11-18(20(17)26)21(27)24-16-4-2-13(3-5-16)6-7-23/h2-5,9-12H,6,8H2,1H3,(H,24,27)/t12-/m0/s1. The summed E-state index contributed by atoms with van der Waals surface area (Å²) in [4.78, 5) is 25.7. The summed E-state index contributed by atoms with van der Waals surface area (Å²) >= 11 is 3.46. The number of pyridine rings is 1. The maximum absolute atomic E-state index is 13.0. The number of benzene rings is 2. The predicted octanol–water partition coefficient (Wildman–Crippen LogP) is 4.20. The van der Waals surface area contributed by atoms with Crippen molar-refractivity contribution >= 4 is 38.4 Å². The zero-order valence-electron chi connectivity index (χ0n) is 14.6. The van der Waals surface area contributed by atoms with Crippen molar-refractivity contribution in [3.8, 4) is 6.07 Å². The lowest BCUT2D eigenvalue weighted by Crippen LogP contribution is -2.23. The Balaban J connectivity index is 1.74. The van der Waals surface area contributed by atoms with Crippen LogP contribution < -0.4 is 10.7 Å². The molecule has 0 bridgehead atoms. The van der Waals surface area contributed by atoms with Crippen LogP contribution in [0.15, 0.2) is 51.9 Å². The molecular formula is C21H16BrN3O2. The predicted molar refractivity (Wildman–Crippen MR) is 108 cm³/mol. The van der Waals surface area contributed by atoms with E-state index in [9.17, 15) is 9.59 Å². The molecule has 5 nitrogen and oxygen atoms in total. The number of nitrogens with zero attached hydrogens (tertiary/aromatic N) is 2. The van der Waals surface area contributed by atoms with E-state index in [0.717, 1.165) is 27.5 Å². The average Bonchev–Trinajstić information content (AvgIpc) is 2.95. The smallest absolute Gasteiger partial charge is 0.261 e. The van der Waals surface area contributed by atoms with Crippen molar-refractivity contribution in [3.05, 3.63) is 74.0 Å². The number of amides is 1. The highest BCUT2D eigenvalue weighted by Crippen LogP contribution is 2.33. The van der Waals surface area contributed by atoms with Crippen LogP contribution in [0.2, 0.25) is 0 Å². The highest BCUT2D eigenvalue weighted by Gasteiger charge is 2.25. The van der Waals surface area contributed by atoms with Crippen molar-refractivity contribution in [2.24, 2.45) is 0 Å². The minimum Gasteiger partial charge on any atom is -0.343 e. The Morgan fingerprint density at radius 3 is 2.78 bits per heavy atom. The van der Waals surface area contributed by atoms with Gasteiger partial charge in [-0.2, -0.15) is 5.26 Å². The van der Waals surface area contributed by atoms with E-state index in [1.165, 1.54) is 0 Å². The molecule has 3 aromatic rings. The van der Waals surface area contributed by atoms with E-state index in [4.69, 9.17) is 5.26 Å². The van der Waals surface area contributed by atoms with Crippen molar-refractivity contribution in [2.75, 3.05) is 5.32 Å². The third kappa shape index (κ3) is 3.04. The fourth-order valence-corrected chi connectivity index (χ4v) is 4.12. The molecule has 1 aromatic heterocycles. The molecule has 0 unspecified atom stereocenters. The molecule has 1 N–H and O–H groups in total. The van der Waals surface area contributed by atoms with Gasteiger partial charge in [0.1, 0.15) is 5.56 Å². The van der Waals surface area contributed by atoms with E-state index in [2.05, 4.69) is 34.2 Å². The monoisotopic (exact) mass is 421 g/mol. The summed E-state index contributed by atoms with van der Waals surface area (Å²) in [5, 5.41) is 12.1. The number of nitriles is 1. The molecule has 134 valence electrons. The number of carbonyl (C=O) groups is 1. The SMILES string of the molecule is C[C@H]1Cc2cc(Br)cc3c(=O)c(C(=O)Nc4ccc(CC#N)cc4)cn1c23. The molecule has 0 saturated heterocycles. The fraction of sp³-hybridized carbons (Fsp3) is 0.190. The third-order valence-electron chi connectivity index (χ3n) is 4.90. The minimum atomic E-state index is -0.431. The van der Waals surface area contributed by atoms with Crippen LogP contribution in [0, 0.1) is 11.3 Å². The Morgan fingerprint density at radius 2 is 2.07 bits per heavy atom. The van der Waals surface area contributed by atoms with Crippen LogP contribution in [0.3, 0.4) is 0 Å². The van der Waals surface area contributed by atoms with Crippen molar-refractivity contribution in [3.63, 3.8) is 0 Å². The van der Waals surface area contributed by atoms with Crippen molar-refractivity contribution < 1.29 is 4.79 Å². The summed E-state index contributed by atoms with van der Waals surface area (Å²) in [7, 11) is 0. The molecule has 2 heterocycles. The highest BCUT2D eigenvalue weighted by molar-refractivity contribution is 9.10. The first-order valence-electron chi connectivity index (χ1n) is 8.62. The Hall–Kier alpha value is -2.91. The molecule has 1 aliphatic rings. The second kappa shape index (κ2) is 6.67. The molecule has 6 heteroatoms. The van der Waals surface area contributed by atoms with Gasteiger partial charge in [0.05, 0.1) is 18.0 Å². The van der Waals surface area contributed by atoms with Crippen LogP contribution in [0.1, 0.15) is 34.5 Å². The van der Waals surface area contributed by atoms with E-state index in [0.29, 0.717) is 17.5 Å². The lowest BCUT2D eigenvalue weighted by Gasteiger charge is -2.13. The topological polar surface area (TPSA) is 74.9 Å². The number of hydrogen-bond donors (Lipinski definition) is 1. The summed E-state index contributed by atoms with van der Waals surface area (Å²) in [6, 6.07) is 13.1. The normalized spacial score (nSPS) is 14.9. The molecule has 0 aliphatic carbocycles. The number of anilines is 1. The molecule has 1 atom stereocenters. The number of halogens is 1. The van der Waals surface area contributed by atoms with E-state index >= 15 is 0 Å². The number of hydrogen-bond acceptors (Lipinski definition) is 3. The van der Waals surface area contributed by atoms with E-state index in [1.807, 2.05) is 10.6 Å². The molecule has 0 saturated carbocycles. The Labute approximate surface area is 164 Å². The van der Waals surface area contributed by atoms with Gasteiger partial charge in [0.25, 0.3) is 5.91 Å². The highest BCUT2D eigenvalue weighted by atomic mass is 79.9. The fourth-order valence-electron chi connectivity index (χ4n) is 3.62. The van der Waals surface area contributed by atoms with E-state index < -0.39 is 5.91 Å². The molecule has 0 fully saturated rings. The second-order valence-corrected chi connectivity index (χ2v) is 7.70. The third-order valence-corrected chi connectivity index (χ3v) is 5.36. The van der Waals surface area contributed by atoms with Crippen LogP contribution in [0.25, 0.3) is 10.9 Å². The number of nitrogens with one attached hydrogen (secondary N) is 1. The van der Waals surface area contributed by atoms with E-state index in [-0.39, 0.29) is 17.0 Å². The number of carbonyl (C=O) groups excluding carboxylic acids is 1. The molecule has 0 spiro atoms. The molecule has 1 aliphatic heterocycles. The van der Waals surface area contributed by atoms with Gasteiger partial charge in [0.2, 0.25) is 5.43 Å². The van der Waals surface area contributed by atoms with Crippen LogP contribution in [-0.2, 0) is 12.8 Å². The zero-order chi connectivity index (χ0) is 19.1. The maximum atomic E-state index is 13.0. The first kappa shape index (κ1) is 17.5. The zero-order valence-corrected chi connectivity index (χ0v) is 16.2. The van der Waals surface area contributed by atoms with Gasteiger partial charge in [-0.3, -0.25) is 9.59 Å². The quantitative estimate of drug-likeness (QED) is 0.688. The molecule has 4 rings (SSSR count). The molecule has 2 aromatic carbocycles. The Kier molecular flexibility index (Phi) is 4.33. The average molecular weight is 422 g/mol. The summed E-state index contributed by atoms with van der Waals surface area (Å²) in [5.74, 6) is -0.431. The van der Waals surface area contributed by atoms with Crippen LogP contribution in [0.5, 0.6) is 0 Å². The maximum Gasteiger partial charge on any atom is 0.261 e. The van der Waals surface area contributed by atoms with Gasteiger partial charge in [-0.25, -0.2) is 0 Å². The number of rotatable bonds is 3. The first-order valence-corrected chi connectivity index (χ1v) is 9.41. The van der Waals surface area contributed by atoms with Gasteiger partial charge < -0.3 is 9.88 Å². The van der Waals surface area contributed by atoms with Crippen LogP contribution in [0.4, 0.5) is 5.69 Å². The van der Waals surface area contributed by atoms with Crippen molar-refractivity contribution in [1.82, 2.24) is 4.57 Å². The largest absolute Gasteiger partial charge is 0.343 e. The molecule has 27 heavy (non-hydrogen) atoms. The van der Waals surface area contributed by atoms with Gasteiger partial charge in [-0.05, 0) is 48.7 Å². The van der Waals surface area contributed by atoms with E-state index in [1.54, 1.807) is 36.5 Å². The molecule has 1 amide bonds. The summed E-state index contributed by atoms with van der Waals surface area (Å²) in [5.41, 5.74) is 3.35. The van der Waals surface area contributed by atoms with Crippen LogP contribution in [-0.4, -0.2) is 10.5 Å². The summed E-state index contributed by atoms with van der Waals surface area (Å²) in [6.45, 7) is 2.08. The molecular weight excluding hydrogens is 406 g/mol. The number of aromatic nitrogens is 1. The van der Waals surface area contributed by atoms with Gasteiger partial charge in [-0.15, -0.1) is 0 Å². The van der Waals surface area contributed by atoms with Gasteiger partial charge >= 0.3 is 0 Å². The van der Waals surface area contributed by atoms with Crippen molar-refractivity contribution in [1.29, 1.82) is 5.26 Å². The first-order chi connectivity index (χ1) is 13.0. The second-order valence-electron chi connectivity index (χ2n) is 6.78. The van der Waals surface area contributed by atoms with Crippen molar-refractivity contribution in [2.45, 2.75) is 25.8 Å². The Morgan fingerprint density at radius 1 is 1.33 bits per heavy atom. The summed E-state index contributed by atoms with van der Waals surface area (Å²) < 4.78 is 2.86. The lowest BCUT2D eigenvalue weighted by atomic mass is 10.1. The Bertz CT molecular complexity index is 1170. The van der Waals surface area contributed by atoms with Crippen LogP contribution >= 0.6 is 15.9 Å². The minimum absolute atomic E-state index is 0.126.